The zero-order valence-corrected chi connectivity index (χ0v) is 11.1. The quantitative estimate of drug-likeness (QED) is 0.706. The number of hydrogen-bond acceptors (Lipinski definition) is 4. The van der Waals surface area contributed by atoms with Crippen molar-refractivity contribution in [2.45, 2.75) is 31.5 Å². The second-order valence-corrected chi connectivity index (χ2v) is 5.41. The average Bonchev–Trinajstić information content (AvgIpc) is 3.01. The topological polar surface area (TPSA) is 59.1 Å². The third-order valence-corrected chi connectivity index (χ3v) is 4.19. The fraction of sp³-hybridized carbons (Fsp3) is 0.846. The lowest BCUT2D eigenvalue weighted by Crippen LogP contribution is -2.50. The molecule has 0 aromatic heterocycles. The summed E-state index contributed by atoms with van der Waals surface area (Å²) in [6.45, 7) is 3.55. The van der Waals surface area contributed by atoms with Gasteiger partial charge in [0.25, 0.3) is 0 Å². The van der Waals surface area contributed by atoms with E-state index >= 15 is 0 Å². The molecule has 3 saturated heterocycles. The molecule has 3 fully saturated rings. The molecule has 6 heteroatoms. The van der Waals surface area contributed by atoms with Gasteiger partial charge < -0.3 is 19.3 Å². The molecule has 0 aliphatic carbocycles. The molecular formula is C13H20N2O4. The van der Waals surface area contributed by atoms with Crippen LogP contribution in [0.4, 0.5) is 0 Å². The number of nitrogens with zero attached hydrogens (tertiary/aromatic N) is 2. The maximum atomic E-state index is 12.2. The summed E-state index contributed by atoms with van der Waals surface area (Å²) in [4.78, 5) is 27.1. The molecule has 0 bridgehead atoms. The zero-order chi connectivity index (χ0) is 13.3. The molecule has 1 spiro atoms. The van der Waals surface area contributed by atoms with Gasteiger partial charge in [-0.3, -0.25) is 9.59 Å². The van der Waals surface area contributed by atoms with Gasteiger partial charge in [-0.2, -0.15) is 0 Å². The van der Waals surface area contributed by atoms with Gasteiger partial charge in [0.05, 0.1) is 19.8 Å². The molecule has 3 heterocycles. The Bertz CT molecular complexity index is 369. The van der Waals surface area contributed by atoms with Crippen molar-refractivity contribution in [2.75, 3.05) is 39.4 Å². The molecule has 0 unspecified atom stereocenters. The summed E-state index contributed by atoms with van der Waals surface area (Å²) in [5, 5.41) is 0. The molecule has 0 saturated carbocycles. The predicted octanol–water partition coefficient (Wildman–Crippen LogP) is -0.0257. The smallest absolute Gasteiger partial charge is 0.242 e. The molecular weight excluding hydrogens is 248 g/mol. The lowest BCUT2D eigenvalue weighted by Gasteiger charge is -2.38. The van der Waals surface area contributed by atoms with E-state index in [4.69, 9.17) is 9.47 Å². The minimum atomic E-state index is -0.444. The van der Waals surface area contributed by atoms with Gasteiger partial charge in [0, 0.05) is 38.9 Å². The standard InChI is InChI=1S/C13H20N2O4/c16-11-2-1-5-15(11)10-12(17)14-6-3-13(4-7-14)18-8-9-19-13/h1-10H2. The summed E-state index contributed by atoms with van der Waals surface area (Å²) in [6.07, 6.45) is 2.91. The average molecular weight is 268 g/mol. The molecule has 0 N–H and O–H groups in total. The molecule has 3 aliphatic rings. The van der Waals surface area contributed by atoms with Gasteiger partial charge in [0.2, 0.25) is 11.8 Å². The lowest BCUT2D eigenvalue weighted by molar-refractivity contribution is -0.187. The minimum Gasteiger partial charge on any atom is -0.347 e. The SMILES string of the molecule is O=C(CN1CCCC1=O)N1CCC2(CC1)OCCO2. The fourth-order valence-electron chi connectivity index (χ4n) is 3.02. The molecule has 0 aromatic carbocycles. The number of rotatable bonds is 2. The van der Waals surface area contributed by atoms with Crippen LogP contribution in [0.5, 0.6) is 0 Å². The van der Waals surface area contributed by atoms with Gasteiger partial charge in [-0.15, -0.1) is 0 Å². The van der Waals surface area contributed by atoms with Crippen molar-refractivity contribution in [3.8, 4) is 0 Å². The van der Waals surface area contributed by atoms with Crippen LogP contribution in [-0.2, 0) is 19.1 Å². The first kappa shape index (κ1) is 12.9. The summed E-state index contributed by atoms with van der Waals surface area (Å²) in [5.74, 6) is -0.298. The number of likely N-dealkylation sites (tertiary alicyclic amines) is 2. The highest BCUT2D eigenvalue weighted by atomic mass is 16.7. The number of carbonyl (C=O) groups is 2. The molecule has 19 heavy (non-hydrogen) atoms. The van der Waals surface area contributed by atoms with Crippen LogP contribution in [0, 0.1) is 0 Å². The van der Waals surface area contributed by atoms with Gasteiger partial charge in [-0.1, -0.05) is 0 Å². The van der Waals surface area contributed by atoms with E-state index in [0.29, 0.717) is 39.3 Å². The van der Waals surface area contributed by atoms with E-state index in [1.807, 2.05) is 4.90 Å². The van der Waals surface area contributed by atoms with E-state index in [2.05, 4.69) is 0 Å². The summed E-state index contributed by atoms with van der Waals surface area (Å²) in [6, 6.07) is 0. The summed E-state index contributed by atoms with van der Waals surface area (Å²) < 4.78 is 11.3. The largest absolute Gasteiger partial charge is 0.347 e. The third kappa shape index (κ3) is 2.60. The van der Waals surface area contributed by atoms with Gasteiger partial charge in [0.15, 0.2) is 5.79 Å². The number of hydrogen-bond donors (Lipinski definition) is 0. The molecule has 0 aromatic rings. The highest BCUT2D eigenvalue weighted by Crippen LogP contribution is 2.31. The summed E-state index contributed by atoms with van der Waals surface area (Å²) in [7, 11) is 0. The highest BCUT2D eigenvalue weighted by molar-refractivity contribution is 5.85. The maximum Gasteiger partial charge on any atom is 0.242 e. The van der Waals surface area contributed by atoms with Gasteiger partial charge in [-0.05, 0) is 6.42 Å². The van der Waals surface area contributed by atoms with E-state index in [1.54, 1.807) is 4.90 Å². The summed E-state index contributed by atoms with van der Waals surface area (Å²) in [5.41, 5.74) is 0. The molecule has 2 amide bonds. The van der Waals surface area contributed by atoms with Crippen LogP contribution in [0.2, 0.25) is 0 Å². The third-order valence-electron chi connectivity index (χ3n) is 4.19. The van der Waals surface area contributed by atoms with Crippen LogP contribution in [-0.4, -0.2) is 66.8 Å². The van der Waals surface area contributed by atoms with Crippen LogP contribution in [0.3, 0.4) is 0 Å². The van der Waals surface area contributed by atoms with Crippen LogP contribution in [0.25, 0.3) is 0 Å². The molecule has 0 atom stereocenters. The van der Waals surface area contributed by atoms with Gasteiger partial charge >= 0.3 is 0 Å². The molecule has 3 rings (SSSR count). The zero-order valence-electron chi connectivity index (χ0n) is 11.1. The van der Waals surface area contributed by atoms with Crippen molar-refractivity contribution in [1.29, 1.82) is 0 Å². The lowest BCUT2D eigenvalue weighted by atomic mass is 10.0. The minimum absolute atomic E-state index is 0.0445. The molecule has 106 valence electrons. The van der Waals surface area contributed by atoms with Crippen molar-refractivity contribution in [3.05, 3.63) is 0 Å². The van der Waals surface area contributed by atoms with E-state index in [0.717, 1.165) is 19.3 Å². The van der Waals surface area contributed by atoms with E-state index in [9.17, 15) is 9.59 Å². The Labute approximate surface area is 112 Å². The number of amides is 2. The van der Waals surface area contributed by atoms with Crippen molar-refractivity contribution in [2.24, 2.45) is 0 Å². The second-order valence-electron chi connectivity index (χ2n) is 5.41. The Morgan fingerprint density at radius 1 is 1.16 bits per heavy atom. The van der Waals surface area contributed by atoms with E-state index in [1.165, 1.54) is 0 Å². The fourth-order valence-corrected chi connectivity index (χ4v) is 3.02. The Balaban J connectivity index is 1.50. The number of piperidine rings is 1. The molecule has 3 aliphatic heterocycles. The van der Waals surface area contributed by atoms with Gasteiger partial charge in [-0.25, -0.2) is 0 Å². The Hall–Kier alpha value is -1.14. The predicted molar refractivity (Wildman–Crippen MR) is 66.3 cm³/mol. The first-order valence-electron chi connectivity index (χ1n) is 7.02. The first-order chi connectivity index (χ1) is 9.19. The van der Waals surface area contributed by atoms with Crippen molar-refractivity contribution in [1.82, 2.24) is 9.80 Å². The Kier molecular flexibility index (Phi) is 3.45. The molecule has 0 radical (unpaired) electrons. The van der Waals surface area contributed by atoms with Crippen LogP contribution in [0.15, 0.2) is 0 Å². The summed E-state index contributed by atoms with van der Waals surface area (Å²) >= 11 is 0. The maximum absolute atomic E-state index is 12.2. The van der Waals surface area contributed by atoms with Crippen molar-refractivity contribution in [3.63, 3.8) is 0 Å². The Morgan fingerprint density at radius 3 is 2.42 bits per heavy atom. The monoisotopic (exact) mass is 268 g/mol. The van der Waals surface area contributed by atoms with Crippen molar-refractivity contribution >= 4 is 11.8 Å². The number of carbonyl (C=O) groups excluding carboxylic acids is 2. The van der Waals surface area contributed by atoms with Crippen LogP contribution in [0.1, 0.15) is 25.7 Å². The second kappa shape index (κ2) is 5.09. The normalized spacial score (nSPS) is 26.4. The van der Waals surface area contributed by atoms with Crippen LogP contribution < -0.4 is 0 Å². The highest BCUT2D eigenvalue weighted by Gasteiger charge is 2.41. The van der Waals surface area contributed by atoms with E-state index < -0.39 is 5.79 Å². The van der Waals surface area contributed by atoms with Crippen molar-refractivity contribution < 1.29 is 19.1 Å². The van der Waals surface area contributed by atoms with Crippen LogP contribution >= 0.6 is 0 Å². The Morgan fingerprint density at radius 2 is 1.84 bits per heavy atom. The van der Waals surface area contributed by atoms with Gasteiger partial charge in [0.1, 0.15) is 0 Å². The first-order valence-corrected chi connectivity index (χ1v) is 7.02. The number of ether oxygens (including phenoxy) is 2. The van der Waals surface area contributed by atoms with E-state index in [-0.39, 0.29) is 18.4 Å². The molecule has 6 nitrogen and oxygen atoms in total.